The Morgan fingerprint density at radius 3 is 2.22 bits per heavy atom. The van der Waals surface area contributed by atoms with E-state index in [1.54, 1.807) is 28.1 Å². The van der Waals surface area contributed by atoms with Crippen LogP contribution in [0.3, 0.4) is 0 Å². The Bertz CT molecular complexity index is 525. The van der Waals surface area contributed by atoms with Crippen LogP contribution in [0.25, 0.3) is 0 Å². The second-order valence-electron chi connectivity index (χ2n) is 5.43. The summed E-state index contributed by atoms with van der Waals surface area (Å²) in [5.74, 6) is -0.782. The SMILES string of the molecule is COC(=O)CN(Cc1ccccc1C(OC)OC)C(=O)C(C)C. The molecule has 1 aromatic rings. The van der Waals surface area contributed by atoms with E-state index < -0.39 is 12.3 Å². The molecule has 0 fully saturated rings. The first kappa shape index (κ1) is 19.1. The van der Waals surface area contributed by atoms with E-state index in [-0.39, 0.29) is 24.9 Å². The molecule has 0 aliphatic rings. The fourth-order valence-electron chi connectivity index (χ4n) is 2.26. The lowest BCUT2D eigenvalue weighted by Crippen LogP contribution is -2.38. The number of hydrogen-bond acceptors (Lipinski definition) is 5. The molecule has 0 bridgehead atoms. The lowest BCUT2D eigenvalue weighted by Gasteiger charge is -2.26. The smallest absolute Gasteiger partial charge is 0.325 e. The van der Waals surface area contributed by atoms with E-state index in [0.29, 0.717) is 0 Å². The van der Waals surface area contributed by atoms with Gasteiger partial charge in [-0.25, -0.2) is 0 Å². The third-order valence-electron chi connectivity index (χ3n) is 3.45. The zero-order chi connectivity index (χ0) is 17.4. The van der Waals surface area contributed by atoms with Crippen molar-refractivity contribution in [3.05, 3.63) is 35.4 Å². The van der Waals surface area contributed by atoms with Crippen LogP contribution in [0.15, 0.2) is 24.3 Å². The van der Waals surface area contributed by atoms with Crippen LogP contribution in [0.1, 0.15) is 31.3 Å². The second kappa shape index (κ2) is 9.27. The molecule has 1 aromatic carbocycles. The molecule has 1 amide bonds. The van der Waals surface area contributed by atoms with Crippen LogP contribution in [0, 0.1) is 5.92 Å². The minimum Gasteiger partial charge on any atom is -0.468 e. The molecule has 0 N–H and O–H groups in total. The van der Waals surface area contributed by atoms with Gasteiger partial charge >= 0.3 is 5.97 Å². The van der Waals surface area contributed by atoms with Gasteiger partial charge in [-0.05, 0) is 5.56 Å². The van der Waals surface area contributed by atoms with E-state index in [9.17, 15) is 9.59 Å². The van der Waals surface area contributed by atoms with Crippen LogP contribution < -0.4 is 0 Å². The van der Waals surface area contributed by atoms with Gasteiger partial charge in [0.05, 0.1) is 7.11 Å². The number of carbonyl (C=O) groups excluding carboxylic acids is 2. The van der Waals surface area contributed by atoms with Crippen molar-refractivity contribution in [1.82, 2.24) is 4.90 Å². The molecule has 128 valence electrons. The number of methoxy groups -OCH3 is 3. The summed E-state index contributed by atoms with van der Waals surface area (Å²) in [5, 5.41) is 0. The highest BCUT2D eigenvalue weighted by Crippen LogP contribution is 2.23. The minimum atomic E-state index is -0.527. The summed E-state index contributed by atoms with van der Waals surface area (Å²) in [5.41, 5.74) is 1.68. The predicted molar refractivity (Wildman–Crippen MR) is 85.5 cm³/mol. The first-order valence-electron chi connectivity index (χ1n) is 7.43. The van der Waals surface area contributed by atoms with Crippen LogP contribution in [-0.2, 0) is 30.3 Å². The van der Waals surface area contributed by atoms with Gasteiger partial charge in [-0.1, -0.05) is 38.1 Å². The zero-order valence-corrected chi connectivity index (χ0v) is 14.4. The molecule has 23 heavy (non-hydrogen) atoms. The van der Waals surface area contributed by atoms with Crippen LogP contribution in [0.4, 0.5) is 0 Å². The highest BCUT2D eigenvalue weighted by molar-refractivity contribution is 5.83. The number of hydrogen-bond donors (Lipinski definition) is 0. The minimum absolute atomic E-state index is 0.0908. The monoisotopic (exact) mass is 323 g/mol. The Balaban J connectivity index is 3.08. The molecule has 1 rings (SSSR count). The third kappa shape index (κ3) is 5.33. The van der Waals surface area contributed by atoms with Gasteiger partial charge in [0.15, 0.2) is 6.29 Å². The molecule has 0 radical (unpaired) electrons. The number of rotatable bonds is 8. The standard InChI is InChI=1S/C17H25NO5/c1-12(2)16(20)18(11-15(19)21-3)10-13-8-6-7-9-14(13)17(22-4)23-5/h6-9,12,17H,10-11H2,1-5H3. The molecule has 0 saturated heterocycles. The molecule has 6 nitrogen and oxygen atoms in total. The van der Waals surface area contributed by atoms with Gasteiger partial charge in [-0.15, -0.1) is 0 Å². The van der Waals surface area contributed by atoms with Crippen molar-refractivity contribution >= 4 is 11.9 Å². The van der Waals surface area contributed by atoms with Crippen molar-refractivity contribution < 1.29 is 23.8 Å². The molecule has 0 spiro atoms. The maximum Gasteiger partial charge on any atom is 0.325 e. The van der Waals surface area contributed by atoms with E-state index >= 15 is 0 Å². The van der Waals surface area contributed by atoms with Gasteiger partial charge < -0.3 is 19.1 Å². The van der Waals surface area contributed by atoms with E-state index in [0.717, 1.165) is 11.1 Å². The lowest BCUT2D eigenvalue weighted by molar-refractivity contribution is -0.148. The zero-order valence-electron chi connectivity index (χ0n) is 14.4. The number of esters is 1. The molecular weight excluding hydrogens is 298 g/mol. The van der Waals surface area contributed by atoms with Gasteiger partial charge in [0.2, 0.25) is 5.91 Å². The quantitative estimate of drug-likeness (QED) is 0.542. The van der Waals surface area contributed by atoms with Gasteiger partial charge in [0, 0.05) is 32.2 Å². The summed E-state index contributed by atoms with van der Waals surface area (Å²) in [4.78, 5) is 25.5. The number of nitrogens with zero attached hydrogens (tertiary/aromatic N) is 1. The third-order valence-corrected chi connectivity index (χ3v) is 3.45. The Labute approximate surface area is 137 Å². The predicted octanol–water partition coefficient (Wildman–Crippen LogP) is 2.14. The van der Waals surface area contributed by atoms with Gasteiger partial charge in [0.25, 0.3) is 0 Å². The Morgan fingerprint density at radius 1 is 1.09 bits per heavy atom. The Kier molecular flexibility index (Phi) is 7.71. The second-order valence-corrected chi connectivity index (χ2v) is 5.43. The van der Waals surface area contributed by atoms with Gasteiger partial charge in [-0.3, -0.25) is 9.59 Å². The van der Waals surface area contributed by atoms with Crippen molar-refractivity contribution in [1.29, 1.82) is 0 Å². The molecule has 0 heterocycles. The number of ether oxygens (including phenoxy) is 3. The Hall–Kier alpha value is -1.92. The average molecular weight is 323 g/mol. The fourth-order valence-corrected chi connectivity index (χ4v) is 2.26. The van der Waals surface area contributed by atoms with E-state index in [4.69, 9.17) is 9.47 Å². The Morgan fingerprint density at radius 2 is 1.70 bits per heavy atom. The molecule has 0 unspecified atom stereocenters. The van der Waals surface area contributed by atoms with Crippen molar-refractivity contribution in [3.63, 3.8) is 0 Å². The molecule has 0 aliphatic carbocycles. The average Bonchev–Trinajstić information content (AvgIpc) is 2.55. The van der Waals surface area contributed by atoms with Crippen LogP contribution >= 0.6 is 0 Å². The van der Waals surface area contributed by atoms with Gasteiger partial charge in [-0.2, -0.15) is 0 Å². The topological polar surface area (TPSA) is 65.1 Å². The van der Waals surface area contributed by atoms with Crippen molar-refractivity contribution in [2.24, 2.45) is 5.92 Å². The fraction of sp³-hybridized carbons (Fsp3) is 0.529. The van der Waals surface area contributed by atoms with Crippen molar-refractivity contribution in [2.45, 2.75) is 26.7 Å². The molecular formula is C17H25NO5. The van der Waals surface area contributed by atoms with E-state index in [1.807, 2.05) is 24.3 Å². The first-order chi connectivity index (χ1) is 10.9. The van der Waals surface area contributed by atoms with Crippen molar-refractivity contribution in [2.75, 3.05) is 27.9 Å². The highest BCUT2D eigenvalue weighted by atomic mass is 16.7. The summed E-state index contributed by atoms with van der Waals surface area (Å²) >= 11 is 0. The summed E-state index contributed by atoms with van der Waals surface area (Å²) < 4.78 is 15.3. The number of amides is 1. The van der Waals surface area contributed by atoms with Crippen LogP contribution in [-0.4, -0.2) is 44.7 Å². The molecule has 0 saturated carbocycles. The summed E-state index contributed by atoms with van der Waals surface area (Å²) in [6, 6.07) is 7.51. The molecule has 0 atom stereocenters. The summed E-state index contributed by atoms with van der Waals surface area (Å²) in [6.07, 6.45) is -0.527. The molecule has 0 aromatic heterocycles. The lowest BCUT2D eigenvalue weighted by atomic mass is 10.1. The first-order valence-corrected chi connectivity index (χ1v) is 7.43. The van der Waals surface area contributed by atoms with Crippen LogP contribution in [0.5, 0.6) is 0 Å². The summed E-state index contributed by atoms with van der Waals surface area (Å²) in [6.45, 7) is 3.79. The maximum atomic E-state index is 12.4. The largest absolute Gasteiger partial charge is 0.468 e. The molecule has 0 aliphatic heterocycles. The number of carbonyl (C=O) groups is 2. The highest BCUT2D eigenvalue weighted by Gasteiger charge is 2.23. The summed E-state index contributed by atoms with van der Waals surface area (Å²) in [7, 11) is 4.41. The van der Waals surface area contributed by atoms with Crippen LogP contribution in [0.2, 0.25) is 0 Å². The normalized spacial score (nSPS) is 10.9. The van der Waals surface area contributed by atoms with E-state index in [2.05, 4.69) is 4.74 Å². The van der Waals surface area contributed by atoms with Gasteiger partial charge in [0.1, 0.15) is 6.54 Å². The van der Waals surface area contributed by atoms with Crippen molar-refractivity contribution in [3.8, 4) is 0 Å². The van der Waals surface area contributed by atoms with E-state index in [1.165, 1.54) is 12.0 Å². The number of benzene rings is 1. The molecule has 6 heteroatoms. The maximum absolute atomic E-state index is 12.4.